The maximum absolute atomic E-state index is 9.70. The Morgan fingerprint density at radius 3 is 2.45 bits per heavy atom. The summed E-state index contributed by atoms with van der Waals surface area (Å²) in [5.41, 5.74) is 3.73. The Bertz CT molecular complexity index is 551. The lowest BCUT2D eigenvalue weighted by molar-refractivity contribution is 0.303. The summed E-state index contributed by atoms with van der Waals surface area (Å²) < 4.78 is 0. The van der Waals surface area contributed by atoms with Gasteiger partial charge in [0.1, 0.15) is 11.5 Å². The number of rotatable bonds is 6. The second-order valence-electron chi connectivity index (χ2n) is 6.86. The Hall–Kier alpha value is -1.70. The molecule has 0 radical (unpaired) electrons. The van der Waals surface area contributed by atoms with Crippen molar-refractivity contribution in [2.75, 3.05) is 0 Å². The van der Waals surface area contributed by atoms with Gasteiger partial charge >= 0.3 is 0 Å². The molecule has 1 unspecified atom stereocenters. The molecule has 1 aromatic rings. The van der Waals surface area contributed by atoms with Crippen molar-refractivity contribution in [1.82, 2.24) is 0 Å². The number of phenols is 2. The van der Waals surface area contributed by atoms with E-state index in [1.165, 1.54) is 17.2 Å². The number of phenolic OH excluding ortho intramolecular Hbond substituents is 2. The van der Waals surface area contributed by atoms with Gasteiger partial charge in [-0.1, -0.05) is 37.1 Å². The van der Waals surface area contributed by atoms with E-state index in [0.717, 1.165) is 31.2 Å². The van der Waals surface area contributed by atoms with Gasteiger partial charge in [0.2, 0.25) is 0 Å². The minimum atomic E-state index is 0.139. The van der Waals surface area contributed by atoms with Crippen LogP contribution in [0.4, 0.5) is 0 Å². The number of benzene rings is 1. The monoisotopic (exact) mass is 300 g/mol. The zero-order chi connectivity index (χ0) is 16.3. The second kappa shape index (κ2) is 7.04. The summed E-state index contributed by atoms with van der Waals surface area (Å²) in [5, 5.41) is 19.4. The lowest BCUT2D eigenvalue weighted by Gasteiger charge is -2.29. The predicted octanol–water partition coefficient (Wildman–Crippen LogP) is 5.22. The Balaban J connectivity index is 2.23. The first-order valence-electron chi connectivity index (χ1n) is 8.25. The highest BCUT2D eigenvalue weighted by molar-refractivity contribution is 5.37. The molecule has 2 heteroatoms. The Labute approximate surface area is 134 Å². The fourth-order valence-electron chi connectivity index (χ4n) is 3.84. The van der Waals surface area contributed by atoms with Crippen LogP contribution in [0.5, 0.6) is 11.5 Å². The summed E-state index contributed by atoms with van der Waals surface area (Å²) in [6, 6.07) is 4.92. The molecule has 0 heterocycles. The average molecular weight is 300 g/mol. The van der Waals surface area contributed by atoms with Crippen molar-refractivity contribution in [3.63, 3.8) is 0 Å². The number of hydrogen-bond acceptors (Lipinski definition) is 2. The second-order valence-corrected chi connectivity index (χ2v) is 6.86. The standard InChI is InChI=1S/C20H28O2/c1-5-6-16(9-15-10-17(21)12-18(22)11-15)20-8-14(4)7-19(20)13(2)3/h8,10-12,16,19-22H,2,5-7,9H2,1,3-4H3/t16?,19-,20-/m0/s1. The van der Waals surface area contributed by atoms with Crippen molar-refractivity contribution < 1.29 is 10.2 Å². The summed E-state index contributed by atoms with van der Waals surface area (Å²) in [7, 11) is 0. The summed E-state index contributed by atoms with van der Waals surface area (Å²) in [4.78, 5) is 0. The summed E-state index contributed by atoms with van der Waals surface area (Å²) in [6.07, 6.45) is 6.71. The molecule has 2 nitrogen and oxygen atoms in total. The molecule has 120 valence electrons. The molecule has 22 heavy (non-hydrogen) atoms. The lowest BCUT2D eigenvalue weighted by Crippen LogP contribution is -2.21. The zero-order valence-electron chi connectivity index (χ0n) is 14.0. The zero-order valence-corrected chi connectivity index (χ0v) is 14.0. The van der Waals surface area contributed by atoms with E-state index in [4.69, 9.17) is 0 Å². The van der Waals surface area contributed by atoms with Crippen LogP contribution in [0.2, 0.25) is 0 Å². The van der Waals surface area contributed by atoms with Crippen molar-refractivity contribution in [3.8, 4) is 11.5 Å². The molecule has 0 fully saturated rings. The van der Waals surface area contributed by atoms with Gasteiger partial charge in [0.25, 0.3) is 0 Å². The number of aromatic hydroxyl groups is 2. The lowest BCUT2D eigenvalue weighted by atomic mass is 9.76. The molecule has 1 aliphatic rings. The molecule has 0 spiro atoms. The van der Waals surface area contributed by atoms with Gasteiger partial charge in [-0.25, -0.2) is 0 Å². The van der Waals surface area contributed by atoms with Crippen LogP contribution < -0.4 is 0 Å². The highest BCUT2D eigenvalue weighted by Gasteiger charge is 2.32. The molecule has 1 aliphatic carbocycles. The molecule has 0 amide bonds. The van der Waals surface area contributed by atoms with E-state index in [0.29, 0.717) is 17.8 Å². The third kappa shape index (κ3) is 3.94. The van der Waals surface area contributed by atoms with E-state index in [1.54, 1.807) is 12.1 Å². The van der Waals surface area contributed by atoms with Gasteiger partial charge in [0.15, 0.2) is 0 Å². The molecule has 1 aromatic carbocycles. The highest BCUT2D eigenvalue weighted by Crippen LogP contribution is 2.42. The van der Waals surface area contributed by atoms with Gasteiger partial charge in [-0.05, 0) is 68.6 Å². The van der Waals surface area contributed by atoms with Crippen molar-refractivity contribution >= 4 is 0 Å². The molecule has 0 saturated heterocycles. The van der Waals surface area contributed by atoms with Crippen LogP contribution in [-0.2, 0) is 6.42 Å². The van der Waals surface area contributed by atoms with E-state index in [1.807, 2.05) is 0 Å². The van der Waals surface area contributed by atoms with Crippen LogP contribution in [0.3, 0.4) is 0 Å². The fourth-order valence-corrected chi connectivity index (χ4v) is 3.84. The van der Waals surface area contributed by atoms with Gasteiger partial charge in [-0.3, -0.25) is 0 Å². The van der Waals surface area contributed by atoms with Crippen molar-refractivity contribution in [2.24, 2.45) is 17.8 Å². The Morgan fingerprint density at radius 2 is 1.91 bits per heavy atom. The predicted molar refractivity (Wildman–Crippen MR) is 92.0 cm³/mol. The Kier molecular flexibility index (Phi) is 5.33. The molecule has 3 atom stereocenters. The van der Waals surface area contributed by atoms with Crippen LogP contribution in [0, 0.1) is 17.8 Å². The van der Waals surface area contributed by atoms with Gasteiger partial charge in [-0.15, -0.1) is 0 Å². The molecule has 2 rings (SSSR count). The number of allylic oxidation sites excluding steroid dienone is 3. The van der Waals surface area contributed by atoms with Crippen LogP contribution in [0.15, 0.2) is 42.0 Å². The minimum absolute atomic E-state index is 0.139. The Morgan fingerprint density at radius 1 is 1.27 bits per heavy atom. The van der Waals surface area contributed by atoms with Crippen molar-refractivity contribution in [3.05, 3.63) is 47.6 Å². The largest absolute Gasteiger partial charge is 0.508 e. The third-order valence-electron chi connectivity index (χ3n) is 4.78. The van der Waals surface area contributed by atoms with Gasteiger partial charge in [-0.2, -0.15) is 0 Å². The third-order valence-corrected chi connectivity index (χ3v) is 4.78. The van der Waals surface area contributed by atoms with Gasteiger partial charge in [0.05, 0.1) is 0 Å². The summed E-state index contributed by atoms with van der Waals surface area (Å²) in [5.74, 6) is 1.84. The van der Waals surface area contributed by atoms with Crippen LogP contribution >= 0.6 is 0 Å². The first-order chi connectivity index (χ1) is 10.4. The summed E-state index contributed by atoms with van der Waals surface area (Å²) in [6.45, 7) is 10.7. The summed E-state index contributed by atoms with van der Waals surface area (Å²) >= 11 is 0. The van der Waals surface area contributed by atoms with Crippen LogP contribution in [0.1, 0.15) is 45.6 Å². The van der Waals surface area contributed by atoms with E-state index >= 15 is 0 Å². The van der Waals surface area contributed by atoms with Crippen LogP contribution in [-0.4, -0.2) is 10.2 Å². The first-order valence-corrected chi connectivity index (χ1v) is 8.25. The van der Waals surface area contributed by atoms with E-state index in [9.17, 15) is 10.2 Å². The molecule has 0 aromatic heterocycles. The quantitative estimate of drug-likeness (QED) is 0.707. The first kappa shape index (κ1) is 16.7. The highest BCUT2D eigenvalue weighted by atomic mass is 16.3. The maximum atomic E-state index is 9.70. The average Bonchev–Trinajstić information content (AvgIpc) is 2.79. The molecule has 0 bridgehead atoms. The van der Waals surface area contributed by atoms with Crippen molar-refractivity contribution in [1.29, 1.82) is 0 Å². The molecular weight excluding hydrogens is 272 g/mol. The topological polar surface area (TPSA) is 40.5 Å². The smallest absolute Gasteiger partial charge is 0.119 e. The van der Waals surface area contributed by atoms with Crippen LogP contribution in [0.25, 0.3) is 0 Å². The SMILES string of the molecule is C=C(C)[C@@H]1CC(C)=C[C@H]1C(CCC)Cc1cc(O)cc(O)c1. The molecule has 2 N–H and O–H groups in total. The van der Waals surface area contributed by atoms with Crippen molar-refractivity contribution in [2.45, 2.75) is 46.5 Å². The molecule has 0 saturated carbocycles. The number of hydrogen-bond donors (Lipinski definition) is 2. The van der Waals surface area contributed by atoms with E-state index in [2.05, 4.69) is 33.4 Å². The van der Waals surface area contributed by atoms with Gasteiger partial charge < -0.3 is 10.2 Å². The normalized spacial score (nSPS) is 22.4. The van der Waals surface area contributed by atoms with E-state index in [-0.39, 0.29) is 11.5 Å². The molecular formula is C20H28O2. The van der Waals surface area contributed by atoms with E-state index < -0.39 is 0 Å². The maximum Gasteiger partial charge on any atom is 0.119 e. The molecule has 0 aliphatic heterocycles. The van der Waals surface area contributed by atoms with Gasteiger partial charge in [0, 0.05) is 6.07 Å². The fraction of sp³-hybridized carbons (Fsp3) is 0.500. The minimum Gasteiger partial charge on any atom is -0.508 e.